The van der Waals surface area contributed by atoms with E-state index in [2.05, 4.69) is 41.4 Å². The van der Waals surface area contributed by atoms with Crippen LogP contribution in [0.5, 0.6) is 11.6 Å². The van der Waals surface area contributed by atoms with Crippen molar-refractivity contribution in [2.24, 2.45) is 5.41 Å². The molecular weight excluding hydrogens is 649 g/mol. The van der Waals surface area contributed by atoms with Gasteiger partial charge in [-0.1, -0.05) is 45.0 Å². The highest BCUT2D eigenvalue weighted by molar-refractivity contribution is 7.70. The van der Waals surface area contributed by atoms with Gasteiger partial charge in [0.2, 0.25) is 11.8 Å². The van der Waals surface area contributed by atoms with Gasteiger partial charge in [0.05, 0.1) is 17.4 Å². The molecular formula is C37H38N9O3P. The number of ether oxygens (including phenoxy) is 1. The maximum atomic E-state index is 13.4. The van der Waals surface area contributed by atoms with E-state index in [9.17, 15) is 9.36 Å². The normalized spacial score (nSPS) is 12.1. The fourth-order valence-corrected chi connectivity index (χ4v) is 5.86. The lowest BCUT2D eigenvalue weighted by atomic mass is 9.90. The van der Waals surface area contributed by atoms with Crippen molar-refractivity contribution in [2.75, 3.05) is 29.3 Å². The van der Waals surface area contributed by atoms with Crippen LogP contribution in [0.3, 0.4) is 0 Å². The third-order valence-electron chi connectivity index (χ3n) is 7.79. The first-order valence-corrected chi connectivity index (χ1v) is 18.5. The van der Waals surface area contributed by atoms with Gasteiger partial charge in [-0.25, -0.2) is 9.78 Å². The third kappa shape index (κ3) is 8.16. The summed E-state index contributed by atoms with van der Waals surface area (Å²) in [6, 6.07) is 25.2. The van der Waals surface area contributed by atoms with E-state index in [4.69, 9.17) is 10.1 Å². The Hall–Kier alpha value is -6.00. The minimum atomic E-state index is -2.42. The molecule has 6 aromatic rings. The molecule has 0 aliphatic rings. The smallest absolute Gasteiger partial charge is 0.324 e. The number of amides is 2. The van der Waals surface area contributed by atoms with Gasteiger partial charge in [0.25, 0.3) is 0 Å². The van der Waals surface area contributed by atoms with Crippen molar-refractivity contribution in [2.45, 2.75) is 20.8 Å². The first-order chi connectivity index (χ1) is 23.8. The van der Waals surface area contributed by atoms with Gasteiger partial charge in [-0.2, -0.15) is 10.1 Å². The monoisotopic (exact) mass is 687 g/mol. The van der Waals surface area contributed by atoms with Gasteiger partial charge in [-0.05, 0) is 67.9 Å². The van der Waals surface area contributed by atoms with Gasteiger partial charge in [0.1, 0.15) is 18.7 Å². The van der Waals surface area contributed by atoms with E-state index in [0.29, 0.717) is 40.5 Å². The van der Waals surface area contributed by atoms with Gasteiger partial charge in [0, 0.05) is 62.3 Å². The summed E-state index contributed by atoms with van der Waals surface area (Å²) < 4.78 is 18.7. The highest BCUT2D eigenvalue weighted by Gasteiger charge is 2.18. The number of benzene rings is 4. The first-order valence-electron chi connectivity index (χ1n) is 15.9. The van der Waals surface area contributed by atoms with E-state index in [1.165, 1.54) is 0 Å². The molecule has 2 amide bonds. The zero-order valence-electron chi connectivity index (χ0n) is 28.3. The van der Waals surface area contributed by atoms with E-state index in [1.807, 2.05) is 63.2 Å². The number of urea groups is 1. The molecule has 0 saturated heterocycles. The van der Waals surface area contributed by atoms with Crippen LogP contribution in [0, 0.1) is 10.8 Å². The fourth-order valence-electron chi connectivity index (χ4n) is 4.99. The van der Waals surface area contributed by atoms with Crippen molar-refractivity contribution in [3.05, 3.63) is 109 Å². The number of carbonyl (C=O) groups is 1. The molecule has 12 nitrogen and oxygen atoms in total. The lowest BCUT2D eigenvalue weighted by Crippen LogP contribution is -2.32. The molecule has 0 saturated carbocycles. The average Bonchev–Trinajstić information content (AvgIpc) is 3.53. The fraction of sp³-hybridized carbons (Fsp3) is 0.162. The number of H-pyrrole nitrogens is 1. The number of anilines is 4. The highest BCUT2D eigenvalue weighted by atomic mass is 31.2. The Bertz CT molecular complexity index is 2290. The van der Waals surface area contributed by atoms with Gasteiger partial charge >= 0.3 is 6.03 Å². The lowest BCUT2D eigenvalue weighted by Gasteiger charge is -2.20. The van der Waals surface area contributed by atoms with Crippen LogP contribution in [0.4, 0.5) is 27.8 Å². The van der Waals surface area contributed by atoms with E-state index in [1.54, 1.807) is 74.3 Å². The Morgan fingerprint density at radius 2 is 1.66 bits per heavy atom. The predicted octanol–water partition coefficient (Wildman–Crippen LogP) is 8.43. The second-order valence-electron chi connectivity index (χ2n) is 13.1. The molecule has 6 rings (SSSR count). The van der Waals surface area contributed by atoms with E-state index >= 15 is 0 Å². The zero-order chi connectivity index (χ0) is 35.5. The summed E-state index contributed by atoms with van der Waals surface area (Å²) in [5.41, 5.74) is 2.83. The van der Waals surface area contributed by atoms with Crippen LogP contribution in [-0.2, 0) is 4.57 Å². The van der Waals surface area contributed by atoms with Crippen LogP contribution < -0.4 is 31.3 Å². The molecule has 2 heterocycles. The minimum Gasteiger partial charge on any atom is -0.438 e. The second-order valence-corrected chi connectivity index (χ2v) is 16.3. The Morgan fingerprint density at radius 1 is 0.920 bits per heavy atom. The van der Waals surface area contributed by atoms with Crippen LogP contribution in [0.25, 0.3) is 21.7 Å². The number of carbonyl (C=O) groups excluding carboxylic acids is 1. The number of nitrogens with one attached hydrogen (secondary N) is 6. The Labute approximate surface area is 289 Å². The van der Waals surface area contributed by atoms with Crippen molar-refractivity contribution in [3.63, 3.8) is 0 Å². The largest absolute Gasteiger partial charge is 0.438 e. The number of fused-ring (bicyclic) bond motifs is 2. The number of aromatic amines is 1. The topological polar surface area (TPSA) is 170 Å². The summed E-state index contributed by atoms with van der Waals surface area (Å²) in [5.74, 6) is 1.57. The zero-order valence-corrected chi connectivity index (χ0v) is 29.2. The molecule has 6 N–H and O–H groups in total. The number of hydrogen-bond donors (Lipinski definition) is 6. The molecule has 13 heteroatoms. The molecule has 0 atom stereocenters. The number of aromatic nitrogens is 4. The van der Waals surface area contributed by atoms with Gasteiger partial charge < -0.3 is 30.7 Å². The number of rotatable bonds is 10. The molecule has 50 heavy (non-hydrogen) atoms. The lowest BCUT2D eigenvalue weighted by molar-refractivity contribution is 0.254. The Kier molecular flexibility index (Phi) is 9.39. The molecule has 0 fully saturated rings. The molecule has 0 aliphatic heterocycles. The van der Waals surface area contributed by atoms with Gasteiger partial charge in [-0.3, -0.25) is 10.4 Å². The molecule has 4 aromatic carbocycles. The van der Waals surface area contributed by atoms with Crippen LogP contribution in [0.2, 0.25) is 0 Å². The van der Waals surface area contributed by atoms with Crippen molar-refractivity contribution in [1.82, 2.24) is 25.5 Å². The Morgan fingerprint density at radius 3 is 2.40 bits per heavy atom. The molecule has 0 bridgehead atoms. The first kappa shape index (κ1) is 33.9. The molecule has 0 unspecified atom stereocenters. The summed E-state index contributed by atoms with van der Waals surface area (Å²) in [7, 11) is -2.42. The number of allylic oxidation sites excluding steroid dienone is 1. The van der Waals surface area contributed by atoms with Gasteiger partial charge in [-0.15, -0.1) is 0 Å². The van der Waals surface area contributed by atoms with Crippen molar-refractivity contribution < 1.29 is 14.1 Å². The van der Waals surface area contributed by atoms with E-state index in [0.717, 1.165) is 32.7 Å². The average molecular weight is 688 g/mol. The van der Waals surface area contributed by atoms with Crippen molar-refractivity contribution in [3.8, 4) is 11.6 Å². The number of hydrogen-bond acceptors (Lipinski definition) is 9. The quantitative estimate of drug-likeness (QED) is 0.0616. The molecule has 0 radical (unpaired) electrons. The minimum absolute atomic E-state index is 0.313. The number of nitrogens with zero attached hydrogens (tertiary/aromatic N) is 3. The Balaban J connectivity index is 1.19. The second kappa shape index (κ2) is 13.9. The summed E-state index contributed by atoms with van der Waals surface area (Å²) >= 11 is 0. The van der Waals surface area contributed by atoms with E-state index < -0.39 is 18.6 Å². The molecule has 0 aliphatic carbocycles. The maximum absolute atomic E-state index is 13.4. The standard InChI is InChI=1S/C37H38N9O3P/c1-37(2,3)32(38)21-33(41-24-10-13-26(14-11-24)50(4,5)48)44-36(47)43-30-16-17-31(28-9-7-6-8-27(28)30)49-34-18-19-39-35(45-34)42-25-12-15-29-23(20-25)22-40-46-29/h6-22,38,41H,1-5H3,(H,40,46)(H,39,42,45)(H2,43,44,47)/b33-21+,38-32?. The maximum Gasteiger partial charge on any atom is 0.324 e. The summed E-state index contributed by atoms with van der Waals surface area (Å²) in [4.78, 5) is 22.3. The van der Waals surface area contributed by atoms with E-state index in [-0.39, 0.29) is 0 Å². The van der Waals surface area contributed by atoms with Crippen LogP contribution in [0.15, 0.2) is 109 Å². The van der Waals surface area contributed by atoms with Crippen LogP contribution >= 0.6 is 7.14 Å². The summed E-state index contributed by atoms with van der Waals surface area (Å²) in [6.07, 6.45) is 4.95. The van der Waals surface area contributed by atoms with Crippen molar-refractivity contribution in [1.29, 1.82) is 5.41 Å². The molecule has 2 aromatic heterocycles. The molecule has 0 spiro atoms. The third-order valence-corrected chi connectivity index (χ3v) is 9.33. The van der Waals surface area contributed by atoms with Crippen molar-refractivity contribution >= 4 is 68.9 Å². The molecule has 254 valence electrons. The van der Waals surface area contributed by atoms with Crippen LogP contribution in [0.1, 0.15) is 20.8 Å². The van der Waals surface area contributed by atoms with Gasteiger partial charge in [0.15, 0.2) is 0 Å². The summed E-state index contributed by atoms with van der Waals surface area (Å²) in [6.45, 7) is 9.21. The predicted molar refractivity (Wildman–Crippen MR) is 202 cm³/mol. The highest BCUT2D eigenvalue weighted by Crippen LogP contribution is 2.35. The SMILES string of the molecule is CC(C)(C)C(=N)/C=C(/NC(=O)Nc1ccc(Oc2ccnc(Nc3ccc4[nH]ncc4c3)n2)c2ccccc12)Nc1ccc(P(C)(C)=O)cc1. The summed E-state index contributed by atoms with van der Waals surface area (Å²) in [5, 5.41) is 31.0. The van der Waals surface area contributed by atoms with Crippen LogP contribution in [-0.4, -0.2) is 45.2 Å².